The molecule has 5 nitrogen and oxygen atoms in total. The van der Waals surface area contributed by atoms with E-state index in [1.807, 2.05) is 12.1 Å². The van der Waals surface area contributed by atoms with Crippen molar-refractivity contribution in [2.75, 3.05) is 19.3 Å². The molecule has 0 unspecified atom stereocenters. The summed E-state index contributed by atoms with van der Waals surface area (Å²) in [5, 5.41) is 0. The Balaban J connectivity index is 2.55. The highest BCUT2D eigenvalue weighted by molar-refractivity contribution is 7.92. The molecule has 0 aliphatic heterocycles. The summed E-state index contributed by atoms with van der Waals surface area (Å²) in [5.41, 5.74) is 6.28. The predicted octanol–water partition coefficient (Wildman–Crippen LogP) is 0.172. The van der Waals surface area contributed by atoms with Crippen LogP contribution in [-0.4, -0.2) is 42.0 Å². The number of pyridine rings is 1. The Kier molecular flexibility index (Phi) is 4.98. The van der Waals surface area contributed by atoms with E-state index in [2.05, 4.69) is 17.2 Å². The van der Waals surface area contributed by atoms with Gasteiger partial charge < -0.3 is 5.73 Å². The maximum absolute atomic E-state index is 11.7. The van der Waals surface area contributed by atoms with Gasteiger partial charge in [0.1, 0.15) is 5.75 Å². The smallest absolute Gasteiger partial charge is 0.220 e. The van der Waals surface area contributed by atoms with E-state index in [0.29, 0.717) is 13.0 Å². The quantitative estimate of drug-likeness (QED) is 0.748. The fraction of sp³-hybridized carbons (Fsp3) is 0.400. The van der Waals surface area contributed by atoms with Gasteiger partial charge in [-0.25, -0.2) is 12.7 Å². The lowest BCUT2D eigenvalue weighted by Crippen LogP contribution is -2.35. The van der Waals surface area contributed by atoms with Gasteiger partial charge in [-0.05, 0) is 24.1 Å². The van der Waals surface area contributed by atoms with Crippen molar-refractivity contribution in [2.45, 2.75) is 6.42 Å². The zero-order chi connectivity index (χ0) is 12.9. The second-order valence-corrected chi connectivity index (χ2v) is 6.25. The molecule has 0 aromatic carbocycles. The molecule has 1 aromatic rings. The molecule has 7 heteroatoms. The second kappa shape index (κ2) is 6.04. The number of sulfonamides is 1. The number of likely N-dealkylation sites (N-methyl/N-ethyl adjacent to an activating group) is 1. The molecule has 0 atom stereocenters. The first-order valence-electron chi connectivity index (χ1n) is 5.03. The fourth-order valence-corrected chi connectivity index (χ4v) is 2.66. The largest absolute Gasteiger partial charge is 0.392 e. The van der Waals surface area contributed by atoms with Crippen LogP contribution in [0.2, 0.25) is 0 Å². The number of aromatic nitrogens is 1. The first-order valence-corrected chi connectivity index (χ1v) is 7.05. The zero-order valence-electron chi connectivity index (χ0n) is 9.54. The van der Waals surface area contributed by atoms with Gasteiger partial charge in [-0.1, -0.05) is 12.2 Å². The van der Waals surface area contributed by atoms with Gasteiger partial charge in [0.15, 0.2) is 0 Å². The molecule has 0 saturated carbocycles. The van der Waals surface area contributed by atoms with Gasteiger partial charge in [0.25, 0.3) is 0 Å². The molecule has 0 aliphatic rings. The van der Waals surface area contributed by atoms with Crippen LogP contribution >= 0.6 is 12.2 Å². The molecular weight excluding hydrogens is 258 g/mol. The number of nitrogens with zero attached hydrogens (tertiary/aromatic N) is 2. The average molecular weight is 273 g/mol. The summed E-state index contributed by atoms with van der Waals surface area (Å²) in [5.74, 6) is -0.283. The predicted molar refractivity (Wildman–Crippen MR) is 71.1 cm³/mol. The maximum atomic E-state index is 11.7. The van der Waals surface area contributed by atoms with E-state index in [0.717, 1.165) is 5.56 Å². The minimum absolute atomic E-state index is 0.0132. The van der Waals surface area contributed by atoms with Crippen molar-refractivity contribution in [3.8, 4) is 0 Å². The van der Waals surface area contributed by atoms with Gasteiger partial charge in [-0.2, -0.15) is 0 Å². The summed E-state index contributed by atoms with van der Waals surface area (Å²) in [7, 11) is -1.86. The van der Waals surface area contributed by atoms with Gasteiger partial charge in [0.2, 0.25) is 10.0 Å². The van der Waals surface area contributed by atoms with Crippen molar-refractivity contribution < 1.29 is 8.42 Å². The Morgan fingerprint density at radius 2 is 2.06 bits per heavy atom. The molecule has 0 saturated heterocycles. The van der Waals surface area contributed by atoms with E-state index in [9.17, 15) is 8.42 Å². The van der Waals surface area contributed by atoms with Gasteiger partial charge >= 0.3 is 0 Å². The van der Waals surface area contributed by atoms with Crippen molar-refractivity contribution in [1.29, 1.82) is 0 Å². The molecule has 0 bridgehead atoms. The van der Waals surface area contributed by atoms with Gasteiger partial charge in [0, 0.05) is 26.0 Å². The summed E-state index contributed by atoms with van der Waals surface area (Å²) >= 11 is 4.60. The Morgan fingerprint density at radius 1 is 1.47 bits per heavy atom. The van der Waals surface area contributed by atoms with Crippen LogP contribution in [0.25, 0.3) is 0 Å². The first-order chi connectivity index (χ1) is 7.92. The van der Waals surface area contributed by atoms with Crippen LogP contribution in [0.15, 0.2) is 24.5 Å². The van der Waals surface area contributed by atoms with Gasteiger partial charge in [0.05, 0.1) is 4.99 Å². The summed E-state index contributed by atoms with van der Waals surface area (Å²) in [6.45, 7) is 0.398. The van der Waals surface area contributed by atoms with Crippen LogP contribution in [0.4, 0.5) is 0 Å². The average Bonchev–Trinajstić information content (AvgIpc) is 2.25. The van der Waals surface area contributed by atoms with Crippen LogP contribution in [0.3, 0.4) is 0 Å². The number of hydrogen-bond donors (Lipinski definition) is 1. The third-order valence-corrected chi connectivity index (χ3v) is 4.40. The fourth-order valence-electron chi connectivity index (χ4n) is 1.27. The van der Waals surface area contributed by atoms with E-state index in [1.54, 1.807) is 12.4 Å². The lowest BCUT2D eigenvalue weighted by molar-refractivity contribution is 0.476. The van der Waals surface area contributed by atoms with Crippen molar-refractivity contribution >= 4 is 27.2 Å². The third kappa shape index (κ3) is 4.76. The molecule has 17 heavy (non-hydrogen) atoms. The standard InChI is InChI=1S/C10H15N3O2S2/c1-13(17(14,15)8-10(11)16)7-4-9-2-5-12-6-3-9/h2-3,5-6H,4,7-8H2,1H3,(H2,11,16). The van der Waals surface area contributed by atoms with Gasteiger partial charge in [-0.3, -0.25) is 4.98 Å². The van der Waals surface area contributed by atoms with Crippen LogP contribution < -0.4 is 5.73 Å². The lowest BCUT2D eigenvalue weighted by atomic mass is 10.2. The first kappa shape index (κ1) is 14.0. The normalized spacial score (nSPS) is 11.6. The Hall–Kier alpha value is -1.05. The van der Waals surface area contributed by atoms with Crippen LogP contribution in [-0.2, 0) is 16.4 Å². The van der Waals surface area contributed by atoms with Crippen LogP contribution in [0, 0.1) is 0 Å². The maximum Gasteiger partial charge on any atom is 0.220 e. The number of thiocarbonyl (C=S) groups is 1. The Labute approximate surface area is 107 Å². The highest BCUT2D eigenvalue weighted by Crippen LogP contribution is 2.03. The number of hydrogen-bond acceptors (Lipinski definition) is 4. The molecule has 0 fully saturated rings. The molecule has 1 aromatic heterocycles. The number of rotatable bonds is 6. The van der Waals surface area contributed by atoms with E-state index in [1.165, 1.54) is 11.4 Å². The summed E-state index contributed by atoms with van der Waals surface area (Å²) < 4.78 is 24.7. The molecule has 0 aliphatic carbocycles. The topological polar surface area (TPSA) is 76.3 Å². The SMILES string of the molecule is CN(CCc1ccncc1)S(=O)(=O)CC(N)=S. The molecule has 0 spiro atoms. The van der Waals surface area contributed by atoms with Crippen molar-refractivity contribution in [2.24, 2.45) is 5.73 Å². The Bertz CT molecular complexity index is 474. The zero-order valence-corrected chi connectivity index (χ0v) is 11.2. The molecule has 1 rings (SSSR count). The van der Waals surface area contributed by atoms with E-state index < -0.39 is 10.0 Å². The van der Waals surface area contributed by atoms with E-state index >= 15 is 0 Å². The molecule has 94 valence electrons. The minimum atomic E-state index is -3.38. The van der Waals surface area contributed by atoms with Gasteiger partial charge in [-0.15, -0.1) is 0 Å². The number of nitrogens with two attached hydrogens (primary N) is 1. The molecule has 2 N–H and O–H groups in total. The molecule has 1 heterocycles. The van der Waals surface area contributed by atoms with Crippen LogP contribution in [0.5, 0.6) is 0 Å². The highest BCUT2D eigenvalue weighted by Gasteiger charge is 2.18. The van der Waals surface area contributed by atoms with Crippen molar-refractivity contribution in [1.82, 2.24) is 9.29 Å². The second-order valence-electron chi connectivity index (χ2n) is 3.65. The van der Waals surface area contributed by atoms with Crippen LogP contribution in [0.1, 0.15) is 5.56 Å². The highest BCUT2D eigenvalue weighted by atomic mass is 32.2. The van der Waals surface area contributed by atoms with E-state index in [-0.39, 0.29) is 10.7 Å². The van der Waals surface area contributed by atoms with E-state index in [4.69, 9.17) is 5.73 Å². The third-order valence-electron chi connectivity index (χ3n) is 2.26. The molecular formula is C10H15N3O2S2. The van der Waals surface area contributed by atoms with Crippen molar-refractivity contribution in [3.63, 3.8) is 0 Å². The Morgan fingerprint density at radius 3 is 2.59 bits per heavy atom. The minimum Gasteiger partial charge on any atom is -0.392 e. The van der Waals surface area contributed by atoms with Crippen molar-refractivity contribution in [3.05, 3.63) is 30.1 Å². The summed E-state index contributed by atoms with van der Waals surface area (Å²) in [6, 6.07) is 3.71. The summed E-state index contributed by atoms with van der Waals surface area (Å²) in [4.78, 5) is 3.88. The lowest BCUT2D eigenvalue weighted by Gasteiger charge is -2.16. The monoisotopic (exact) mass is 273 g/mol. The molecule has 0 amide bonds. The molecule has 0 radical (unpaired) electrons. The summed E-state index contributed by atoms with van der Waals surface area (Å²) in [6.07, 6.45) is 3.99.